The Morgan fingerprint density at radius 1 is 0.861 bits per heavy atom. The van der Waals surface area contributed by atoms with Gasteiger partial charge in [-0.3, -0.25) is 9.59 Å². The van der Waals surface area contributed by atoms with Gasteiger partial charge in [0.05, 0.1) is 26.2 Å². The van der Waals surface area contributed by atoms with E-state index >= 15 is 0 Å². The number of rotatable bonds is 4. The molecule has 0 aromatic heterocycles. The Balaban J connectivity index is 1.44. The second-order valence-corrected chi connectivity index (χ2v) is 8.55. The predicted octanol–water partition coefficient (Wildman–Crippen LogP) is 4.53. The highest BCUT2D eigenvalue weighted by molar-refractivity contribution is 6.15. The smallest absolute Gasteiger partial charge is 0.312 e. The molecule has 0 unspecified atom stereocenters. The van der Waals surface area contributed by atoms with Gasteiger partial charge in [-0.25, -0.2) is 0 Å². The van der Waals surface area contributed by atoms with Crippen molar-refractivity contribution < 1.29 is 38.0 Å². The number of ether oxygens (including phenoxy) is 6. The van der Waals surface area contributed by atoms with E-state index in [1.54, 1.807) is 32.4 Å². The molecule has 0 saturated carbocycles. The molecular formula is C28H22O8. The number of hydrogen-bond donors (Lipinski definition) is 0. The van der Waals surface area contributed by atoms with Gasteiger partial charge in [0.2, 0.25) is 11.5 Å². The van der Waals surface area contributed by atoms with Crippen molar-refractivity contribution in [3.8, 4) is 34.5 Å². The van der Waals surface area contributed by atoms with Crippen molar-refractivity contribution in [3.63, 3.8) is 0 Å². The molecule has 0 saturated heterocycles. The van der Waals surface area contributed by atoms with Crippen molar-refractivity contribution in [1.29, 1.82) is 0 Å². The van der Waals surface area contributed by atoms with Crippen molar-refractivity contribution >= 4 is 17.8 Å². The van der Waals surface area contributed by atoms with E-state index in [1.807, 2.05) is 36.4 Å². The lowest BCUT2D eigenvalue weighted by atomic mass is 9.84. The number of hydrogen-bond acceptors (Lipinski definition) is 8. The number of benzene rings is 3. The highest BCUT2D eigenvalue weighted by Gasteiger charge is 2.39. The molecule has 0 fully saturated rings. The van der Waals surface area contributed by atoms with Crippen LogP contribution < -0.4 is 28.4 Å². The third-order valence-electron chi connectivity index (χ3n) is 6.45. The average Bonchev–Trinajstić information content (AvgIpc) is 3.22. The third-order valence-corrected chi connectivity index (χ3v) is 6.45. The number of fused-ring (bicyclic) bond motifs is 4. The van der Waals surface area contributed by atoms with Crippen LogP contribution >= 0.6 is 0 Å². The Morgan fingerprint density at radius 2 is 1.67 bits per heavy atom. The number of carbonyl (C=O) groups excluding carboxylic acids is 2. The molecule has 3 heterocycles. The van der Waals surface area contributed by atoms with Gasteiger partial charge in [-0.15, -0.1) is 0 Å². The number of ketones is 1. The molecule has 0 radical (unpaired) electrons. The summed E-state index contributed by atoms with van der Waals surface area (Å²) in [5.74, 6) is 2.19. The molecule has 3 aromatic rings. The molecule has 8 heteroatoms. The molecule has 182 valence electrons. The first-order valence-corrected chi connectivity index (χ1v) is 11.5. The first kappa shape index (κ1) is 22.0. The van der Waals surface area contributed by atoms with E-state index in [4.69, 9.17) is 28.4 Å². The van der Waals surface area contributed by atoms with Crippen LogP contribution in [0.3, 0.4) is 0 Å². The standard InChI is InChI=1S/C28H22O8/c1-31-17-5-3-15(4-6-17)11-21-26(30)18-7-8-20-25(27(18)36-21)19(14-24(29)35-20)16-12-22(32-2)28-23(13-16)33-9-10-34-28/h3-8,11-13,19H,9-10,14H2,1-2H3/b21-11-/t19-/m0/s1. The van der Waals surface area contributed by atoms with E-state index in [1.165, 1.54) is 0 Å². The number of carbonyl (C=O) groups is 2. The fraction of sp³-hybridized carbons (Fsp3) is 0.214. The van der Waals surface area contributed by atoms with E-state index in [9.17, 15) is 9.59 Å². The predicted molar refractivity (Wildman–Crippen MR) is 128 cm³/mol. The third kappa shape index (κ3) is 3.62. The highest BCUT2D eigenvalue weighted by atomic mass is 16.6. The van der Waals surface area contributed by atoms with Crippen molar-refractivity contribution in [2.45, 2.75) is 12.3 Å². The quantitative estimate of drug-likeness (QED) is 0.302. The maximum absolute atomic E-state index is 13.2. The molecular weight excluding hydrogens is 464 g/mol. The summed E-state index contributed by atoms with van der Waals surface area (Å²) in [5.41, 5.74) is 2.62. The van der Waals surface area contributed by atoms with E-state index in [0.717, 1.165) is 11.1 Å². The first-order valence-electron chi connectivity index (χ1n) is 11.5. The summed E-state index contributed by atoms with van der Waals surface area (Å²) >= 11 is 0. The molecule has 0 bridgehead atoms. The van der Waals surface area contributed by atoms with E-state index in [2.05, 4.69) is 0 Å². The summed E-state index contributed by atoms with van der Waals surface area (Å²) in [6, 6.07) is 14.2. The fourth-order valence-electron chi connectivity index (χ4n) is 4.74. The molecule has 0 N–H and O–H groups in total. The Bertz CT molecular complexity index is 1400. The van der Waals surface area contributed by atoms with Crippen molar-refractivity contribution in [2.75, 3.05) is 27.4 Å². The van der Waals surface area contributed by atoms with Gasteiger partial charge < -0.3 is 28.4 Å². The van der Waals surface area contributed by atoms with Crippen molar-refractivity contribution in [3.05, 3.63) is 76.5 Å². The van der Waals surface area contributed by atoms with Gasteiger partial charge in [0.15, 0.2) is 17.3 Å². The van der Waals surface area contributed by atoms with Crippen LogP contribution in [0.5, 0.6) is 34.5 Å². The van der Waals surface area contributed by atoms with E-state index in [-0.39, 0.29) is 23.9 Å². The molecule has 6 rings (SSSR count). The molecule has 0 amide bonds. The Morgan fingerprint density at radius 3 is 2.44 bits per heavy atom. The molecule has 0 aliphatic carbocycles. The minimum absolute atomic E-state index is 0.0708. The van der Waals surface area contributed by atoms with Crippen LogP contribution in [0.2, 0.25) is 0 Å². The van der Waals surface area contributed by atoms with Crippen LogP contribution in [0.15, 0.2) is 54.3 Å². The first-order chi connectivity index (χ1) is 17.6. The van der Waals surface area contributed by atoms with Gasteiger partial charge in [0.25, 0.3) is 0 Å². The normalized spacial score (nSPS) is 18.7. The molecule has 1 atom stereocenters. The van der Waals surface area contributed by atoms with Gasteiger partial charge in [0.1, 0.15) is 30.5 Å². The average molecular weight is 486 g/mol. The SMILES string of the molecule is COc1ccc(/C=C2\Oc3c(ccc4c3[C@H](c3cc(OC)c5c(c3)OCCO5)CC(=O)O4)C2=O)cc1. The summed E-state index contributed by atoms with van der Waals surface area (Å²) in [6.07, 6.45) is 1.76. The van der Waals surface area contributed by atoms with E-state index in [0.29, 0.717) is 58.8 Å². The zero-order chi connectivity index (χ0) is 24.8. The second kappa shape index (κ2) is 8.64. The summed E-state index contributed by atoms with van der Waals surface area (Å²) < 4.78 is 33.9. The van der Waals surface area contributed by atoms with Crippen LogP contribution in [-0.2, 0) is 4.79 Å². The van der Waals surface area contributed by atoms with E-state index < -0.39 is 5.92 Å². The topological polar surface area (TPSA) is 89.5 Å². The Kier molecular flexibility index (Phi) is 5.29. The molecule has 8 nitrogen and oxygen atoms in total. The minimum atomic E-state index is -0.436. The number of methoxy groups -OCH3 is 2. The molecule has 3 aliphatic heterocycles. The maximum Gasteiger partial charge on any atom is 0.312 e. The van der Waals surface area contributed by atoms with Gasteiger partial charge in [-0.2, -0.15) is 0 Å². The fourth-order valence-corrected chi connectivity index (χ4v) is 4.74. The lowest BCUT2D eigenvalue weighted by Gasteiger charge is -2.28. The van der Waals surface area contributed by atoms with Gasteiger partial charge in [0, 0.05) is 11.5 Å². The minimum Gasteiger partial charge on any atom is -0.497 e. The van der Waals surface area contributed by atoms with Gasteiger partial charge >= 0.3 is 5.97 Å². The number of Topliss-reactive ketones (excluding diaryl/α,β-unsaturated/α-hetero) is 1. The summed E-state index contributed by atoms with van der Waals surface area (Å²) in [6.45, 7) is 0.837. The zero-order valence-corrected chi connectivity index (χ0v) is 19.7. The van der Waals surface area contributed by atoms with Crippen molar-refractivity contribution in [2.24, 2.45) is 0 Å². The van der Waals surface area contributed by atoms with Crippen LogP contribution in [0.4, 0.5) is 0 Å². The molecule has 3 aromatic carbocycles. The zero-order valence-electron chi connectivity index (χ0n) is 19.7. The largest absolute Gasteiger partial charge is 0.497 e. The van der Waals surface area contributed by atoms with Crippen LogP contribution in [0.25, 0.3) is 6.08 Å². The van der Waals surface area contributed by atoms with Crippen LogP contribution in [0.1, 0.15) is 39.4 Å². The number of esters is 1. The summed E-state index contributed by atoms with van der Waals surface area (Å²) in [4.78, 5) is 25.8. The maximum atomic E-state index is 13.2. The van der Waals surface area contributed by atoms with Crippen LogP contribution in [0, 0.1) is 0 Å². The lowest BCUT2D eigenvalue weighted by molar-refractivity contribution is -0.135. The second-order valence-electron chi connectivity index (χ2n) is 8.55. The monoisotopic (exact) mass is 486 g/mol. The van der Waals surface area contributed by atoms with Gasteiger partial charge in [-0.05, 0) is 53.6 Å². The van der Waals surface area contributed by atoms with Crippen molar-refractivity contribution in [1.82, 2.24) is 0 Å². The molecule has 36 heavy (non-hydrogen) atoms. The number of allylic oxidation sites excluding steroid dienone is 1. The van der Waals surface area contributed by atoms with Crippen LogP contribution in [-0.4, -0.2) is 39.2 Å². The Labute approximate surface area is 206 Å². The molecule has 3 aliphatic rings. The summed E-state index contributed by atoms with van der Waals surface area (Å²) in [5, 5.41) is 0. The van der Waals surface area contributed by atoms with Gasteiger partial charge in [-0.1, -0.05) is 12.1 Å². The lowest BCUT2D eigenvalue weighted by Crippen LogP contribution is -2.22. The summed E-state index contributed by atoms with van der Waals surface area (Å²) in [7, 11) is 3.15. The molecule has 0 spiro atoms. The Hall–Kier alpha value is -4.46. The highest BCUT2D eigenvalue weighted by Crippen LogP contribution is 2.51.